The molecule has 2 aromatic carbocycles. The van der Waals surface area contributed by atoms with E-state index in [1.807, 2.05) is 63.2 Å². The number of fused-ring (bicyclic) bond motifs is 3. The minimum Gasteiger partial charge on any atom is -0.496 e. The molecule has 0 spiro atoms. The third-order valence-corrected chi connectivity index (χ3v) is 5.88. The van der Waals surface area contributed by atoms with Gasteiger partial charge in [0.15, 0.2) is 0 Å². The Morgan fingerprint density at radius 2 is 1.91 bits per heavy atom. The maximum Gasteiger partial charge on any atom is 0.144 e. The normalized spacial score (nSPS) is 12.4. The fourth-order valence-corrected chi connectivity index (χ4v) is 4.36. The summed E-state index contributed by atoms with van der Waals surface area (Å²) in [7, 11) is 1.65. The molecule has 5 aromatic rings. The average Bonchev–Trinajstić information content (AvgIpc) is 3.34. The first-order valence-electron chi connectivity index (χ1n) is 10.7. The number of methoxy groups -OCH3 is 1. The Balaban J connectivity index is 1.71. The van der Waals surface area contributed by atoms with Gasteiger partial charge in [0.1, 0.15) is 28.8 Å². The van der Waals surface area contributed by atoms with E-state index in [4.69, 9.17) is 9.26 Å². The van der Waals surface area contributed by atoms with Crippen LogP contribution in [-0.2, 0) is 0 Å². The van der Waals surface area contributed by atoms with E-state index in [1.54, 1.807) is 7.11 Å². The maximum atomic E-state index is 10.1. The highest BCUT2D eigenvalue weighted by molar-refractivity contribution is 6.12. The molecule has 5 rings (SSSR count). The van der Waals surface area contributed by atoms with Gasteiger partial charge in [0.05, 0.1) is 36.4 Å². The van der Waals surface area contributed by atoms with Crippen LogP contribution in [0.15, 0.2) is 47.0 Å². The molecule has 8 heteroatoms. The summed E-state index contributed by atoms with van der Waals surface area (Å²) in [4.78, 5) is 12.7. The maximum absolute atomic E-state index is 10.1. The zero-order valence-electron chi connectivity index (χ0n) is 18.9. The lowest BCUT2D eigenvalue weighted by Crippen LogP contribution is -2.16. The number of nitrogens with one attached hydrogen (secondary N) is 2. The highest BCUT2D eigenvalue weighted by Crippen LogP contribution is 2.41. The summed E-state index contributed by atoms with van der Waals surface area (Å²) in [5.74, 6) is 2.71. The van der Waals surface area contributed by atoms with Crippen LogP contribution in [0.5, 0.6) is 5.75 Å². The first-order valence-corrected chi connectivity index (χ1v) is 10.7. The van der Waals surface area contributed by atoms with Crippen molar-refractivity contribution in [3.63, 3.8) is 0 Å². The highest BCUT2D eigenvalue weighted by Gasteiger charge is 2.21. The van der Waals surface area contributed by atoms with Crippen LogP contribution in [0.25, 0.3) is 33.1 Å². The standard InChI is InChI=1S/C25H25N5O3/c1-13-22(14(2)33-30-13)18-10-19-17(11-21(18)32-4)23-24(28-19)26-15(3)27-25(23)29-20(12-31)16-8-6-5-7-9-16/h5-11,20,31H,12H2,1-4H3,(H2,26,27,28,29)/t20-/m0/s1. The molecule has 3 heterocycles. The van der Waals surface area contributed by atoms with E-state index in [0.717, 1.165) is 44.4 Å². The van der Waals surface area contributed by atoms with Crippen molar-refractivity contribution in [2.75, 3.05) is 19.0 Å². The third kappa shape index (κ3) is 3.58. The zero-order valence-corrected chi connectivity index (χ0v) is 18.9. The molecule has 1 atom stereocenters. The Hall–Kier alpha value is -3.91. The lowest BCUT2D eigenvalue weighted by molar-refractivity contribution is 0.276. The van der Waals surface area contributed by atoms with Crippen molar-refractivity contribution < 1.29 is 14.4 Å². The number of hydrogen-bond donors (Lipinski definition) is 3. The monoisotopic (exact) mass is 443 g/mol. The predicted octanol–water partition coefficient (Wildman–Crippen LogP) is 4.85. The summed E-state index contributed by atoms with van der Waals surface area (Å²) in [6.07, 6.45) is 0. The van der Waals surface area contributed by atoms with Crippen molar-refractivity contribution >= 4 is 27.8 Å². The number of nitrogens with zero attached hydrogens (tertiary/aromatic N) is 3. The fraction of sp³-hybridized carbons (Fsp3) is 0.240. The number of aromatic amines is 1. The second-order valence-electron chi connectivity index (χ2n) is 8.06. The van der Waals surface area contributed by atoms with Gasteiger partial charge in [0, 0.05) is 16.5 Å². The SMILES string of the molecule is COc1cc2c(cc1-c1c(C)noc1C)[nH]c1nc(C)nc(N[C@@H](CO)c3ccccc3)c12. The summed E-state index contributed by atoms with van der Waals surface area (Å²) in [5.41, 5.74) is 5.18. The molecular formula is C25H25N5O3. The van der Waals surface area contributed by atoms with E-state index in [0.29, 0.717) is 23.0 Å². The average molecular weight is 444 g/mol. The first kappa shape index (κ1) is 21.0. The number of aromatic nitrogens is 4. The summed E-state index contributed by atoms with van der Waals surface area (Å²) in [5, 5.41) is 19.3. The van der Waals surface area contributed by atoms with Gasteiger partial charge in [0.25, 0.3) is 0 Å². The van der Waals surface area contributed by atoms with E-state index in [1.165, 1.54) is 0 Å². The Kier molecular flexibility index (Phi) is 5.22. The smallest absolute Gasteiger partial charge is 0.144 e. The van der Waals surface area contributed by atoms with E-state index in [9.17, 15) is 5.11 Å². The van der Waals surface area contributed by atoms with E-state index < -0.39 is 0 Å². The van der Waals surface area contributed by atoms with Gasteiger partial charge in [-0.1, -0.05) is 35.5 Å². The van der Waals surface area contributed by atoms with Gasteiger partial charge in [-0.3, -0.25) is 0 Å². The molecular weight excluding hydrogens is 418 g/mol. The van der Waals surface area contributed by atoms with Crippen molar-refractivity contribution in [1.29, 1.82) is 0 Å². The quantitative estimate of drug-likeness (QED) is 0.344. The number of benzene rings is 2. The number of hydrogen-bond acceptors (Lipinski definition) is 7. The van der Waals surface area contributed by atoms with Crippen LogP contribution in [0, 0.1) is 20.8 Å². The van der Waals surface area contributed by atoms with Crippen LogP contribution in [0.4, 0.5) is 5.82 Å². The molecule has 0 unspecified atom stereocenters. The van der Waals surface area contributed by atoms with E-state index in [-0.39, 0.29) is 12.6 Å². The first-order chi connectivity index (χ1) is 16.0. The van der Waals surface area contributed by atoms with Crippen LogP contribution >= 0.6 is 0 Å². The fourth-order valence-electron chi connectivity index (χ4n) is 4.36. The summed E-state index contributed by atoms with van der Waals surface area (Å²) < 4.78 is 11.1. The lowest BCUT2D eigenvalue weighted by atomic mass is 10.0. The molecule has 3 N–H and O–H groups in total. The van der Waals surface area contributed by atoms with E-state index in [2.05, 4.69) is 25.4 Å². The molecule has 168 valence electrons. The largest absolute Gasteiger partial charge is 0.496 e. The molecule has 0 saturated heterocycles. The van der Waals surface area contributed by atoms with Crippen LogP contribution in [-0.4, -0.2) is 38.9 Å². The second-order valence-corrected chi connectivity index (χ2v) is 8.06. The van der Waals surface area contributed by atoms with Crippen molar-refractivity contribution in [2.24, 2.45) is 0 Å². The molecule has 0 amide bonds. The van der Waals surface area contributed by atoms with Crippen LogP contribution in [0.3, 0.4) is 0 Å². The molecule has 0 fully saturated rings. The van der Waals surface area contributed by atoms with Crippen molar-refractivity contribution in [1.82, 2.24) is 20.1 Å². The molecule has 0 aliphatic carbocycles. The number of H-pyrrole nitrogens is 1. The summed E-state index contributed by atoms with van der Waals surface area (Å²) >= 11 is 0. The van der Waals surface area contributed by atoms with Gasteiger partial charge in [-0.05, 0) is 38.5 Å². The molecule has 3 aromatic heterocycles. The summed E-state index contributed by atoms with van der Waals surface area (Å²) in [6, 6.07) is 13.5. The topological polar surface area (TPSA) is 109 Å². The second kappa shape index (κ2) is 8.22. The van der Waals surface area contributed by atoms with Crippen LogP contribution < -0.4 is 10.1 Å². The third-order valence-electron chi connectivity index (χ3n) is 5.88. The number of ether oxygens (including phenoxy) is 1. The highest BCUT2D eigenvalue weighted by atomic mass is 16.5. The molecule has 8 nitrogen and oxygen atoms in total. The summed E-state index contributed by atoms with van der Waals surface area (Å²) in [6.45, 7) is 5.58. The Morgan fingerprint density at radius 1 is 1.12 bits per heavy atom. The number of aliphatic hydroxyl groups excluding tert-OH is 1. The van der Waals surface area contributed by atoms with Gasteiger partial charge in [0.2, 0.25) is 0 Å². The number of aryl methyl sites for hydroxylation is 3. The predicted molar refractivity (Wildman–Crippen MR) is 128 cm³/mol. The van der Waals surface area contributed by atoms with Gasteiger partial charge in [-0.15, -0.1) is 0 Å². The Bertz CT molecular complexity index is 1440. The van der Waals surface area contributed by atoms with Gasteiger partial charge in [-0.25, -0.2) is 9.97 Å². The van der Waals surface area contributed by atoms with Crippen LogP contribution in [0.1, 0.15) is 28.9 Å². The van der Waals surface area contributed by atoms with E-state index >= 15 is 0 Å². The molecule has 33 heavy (non-hydrogen) atoms. The van der Waals surface area contributed by atoms with Crippen molar-refractivity contribution in [3.05, 3.63) is 65.3 Å². The molecule has 0 saturated carbocycles. The Morgan fingerprint density at radius 3 is 2.58 bits per heavy atom. The number of aliphatic hydroxyl groups is 1. The Labute approximate surface area is 190 Å². The van der Waals surface area contributed by atoms with Crippen molar-refractivity contribution in [2.45, 2.75) is 26.8 Å². The van der Waals surface area contributed by atoms with Crippen molar-refractivity contribution in [3.8, 4) is 16.9 Å². The van der Waals surface area contributed by atoms with Gasteiger partial charge >= 0.3 is 0 Å². The lowest BCUT2D eigenvalue weighted by Gasteiger charge is -2.18. The minimum atomic E-state index is -0.308. The minimum absolute atomic E-state index is 0.0730. The van der Waals surface area contributed by atoms with Gasteiger partial charge < -0.3 is 24.7 Å². The van der Waals surface area contributed by atoms with Crippen LogP contribution in [0.2, 0.25) is 0 Å². The molecule has 0 radical (unpaired) electrons. The molecule has 0 bridgehead atoms. The zero-order chi connectivity index (χ0) is 23.1. The molecule has 0 aliphatic rings. The number of anilines is 1. The van der Waals surface area contributed by atoms with Gasteiger partial charge in [-0.2, -0.15) is 0 Å². The number of rotatable bonds is 6. The molecule has 0 aliphatic heterocycles.